The minimum Gasteiger partial charge on any atom is -0.497 e. The molecule has 0 spiro atoms. The van der Waals surface area contributed by atoms with Gasteiger partial charge in [0.25, 0.3) is 0 Å². The highest BCUT2D eigenvalue weighted by atomic mass is 127. The highest BCUT2D eigenvalue weighted by molar-refractivity contribution is 14.0. The van der Waals surface area contributed by atoms with Crippen molar-refractivity contribution < 1.29 is 14.6 Å². The Hall–Kier alpha value is -1.22. The van der Waals surface area contributed by atoms with E-state index in [1.54, 1.807) is 14.2 Å². The summed E-state index contributed by atoms with van der Waals surface area (Å²) in [6.07, 6.45) is 2.80. The summed E-state index contributed by atoms with van der Waals surface area (Å²) in [4.78, 5) is 4.57. The molecule has 6 nitrogen and oxygen atoms in total. The van der Waals surface area contributed by atoms with Gasteiger partial charge in [0.15, 0.2) is 5.96 Å². The first-order chi connectivity index (χ1) is 11.1. The van der Waals surface area contributed by atoms with Crippen molar-refractivity contribution >= 4 is 29.9 Å². The Morgan fingerprint density at radius 3 is 2.54 bits per heavy atom. The van der Waals surface area contributed by atoms with E-state index in [0.717, 1.165) is 42.9 Å². The minimum absolute atomic E-state index is 0. The number of halogens is 1. The third kappa shape index (κ3) is 5.70. The van der Waals surface area contributed by atoms with Crippen molar-refractivity contribution in [3.63, 3.8) is 0 Å². The molecule has 24 heavy (non-hydrogen) atoms. The van der Waals surface area contributed by atoms with Gasteiger partial charge in [-0.1, -0.05) is 0 Å². The maximum atomic E-state index is 10.2. The van der Waals surface area contributed by atoms with Crippen LogP contribution < -0.4 is 20.1 Å². The molecule has 0 amide bonds. The van der Waals surface area contributed by atoms with Gasteiger partial charge < -0.3 is 25.2 Å². The number of guanidine groups is 1. The molecule has 0 heterocycles. The standard InChI is InChI=1S/C17H27N3O3.HI/c1-4-18-16(20-12-17(21)8-5-9-17)19-11-13-6-7-14(22-2)10-15(13)23-3;/h6-7,10,21H,4-5,8-9,11-12H2,1-3H3,(H2,18,19,20);1H. The Morgan fingerprint density at radius 1 is 1.25 bits per heavy atom. The molecule has 0 unspecified atom stereocenters. The summed E-state index contributed by atoms with van der Waals surface area (Å²) in [5.74, 6) is 2.21. The van der Waals surface area contributed by atoms with Crippen LogP contribution in [-0.4, -0.2) is 44.0 Å². The van der Waals surface area contributed by atoms with E-state index in [9.17, 15) is 5.11 Å². The fraction of sp³-hybridized carbons (Fsp3) is 0.588. The fourth-order valence-electron chi connectivity index (χ4n) is 2.50. The van der Waals surface area contributed by atoms with Crippen LogP contribution >= 0.6 is 24.0 Å². The van der Waals surface area contributed by atoms with Gasteiger partial charge in [-0.2, -0.15) is 0 Å². The number of hydrogen-bond acceptors (Lipinski definition) is 4. The molecule has 0 bridgehead atoms. The number of benzene rings is 1. The molecule has 7 heteroatoms. The molecule has 0 atom stereocenters. The Labute approximate surface area is 161 Å². The maximum absolute atomic E-state index is 10.2. The van der Waals surface area contributed by atoms with E-state index in [0.29, 0.717) is 19.0 Å². The predicted octanol–water partition coefficient (Wildman–Crippen LogP) is 2.29. The summed E-state index contributed by atoms with van der Waals surface area (Å²) >= 11 is 0. The maximum Gasteiger partial charge on any atom is 0.191 e. The topological polar surface area (TPSA) is 75.1 Å². The second kappa shape index (κ2) is 9.93. The van der Waals surface area contributed by atoms with E-state index in [4.69, 9.17) is 9.47 Å². The highest BCUT2D eigenvalue weighted by Crippen LogP contribution is 2.30. The molecule has 1 aliphatic rings. The van der Waals surface area contributed by atoms with Crippen molar-refractivity contribution in [2.75, 3.05) is 27.3 Å². The van der Waals surface area contributed by atoms with Gasteiger partial charge >= 0.3 is 0 Å². The molecular weight excluding hydrogens is 421 g/mol. The molecule has 0 aliphatic heterocycles. The lowest BCUT2D eigenvalue weighted by Gasteiger charge is -2.37. The van der Waals surface area contributed by atoms with Crippen LogP contribution in [0, 0.1) is 0 Å². The first-order valence-electron chi connectivity index (χ1n) is 8.05. The number of nitrogens with one attached hydrogen (secondary N) is 2. The van der Waals surface area contributed by atoms with E-state index in [-0.39, 0.29) is 24.0 Å². The summed E-state index contributed by atoms with van der Waals surface area (Å²) in [6.45, 7) is 3.80. The molecule has 1 fully saturated rings. The number of methoxy groups -OCH3 is 2. The second-order valence-corrected chi connectivity index (χ2v) is 5.80. The van der Waals surface area contributed by atoms with E-state index in [1.807, 2.05) is 25.1 Å². The van der Waals surface area contributed by atoms with Crippen molar-refractivity contribution in [1.29, 1.82) is 0 Å². The largest absolute Gasteiger partial charge is 0.497 e. The summed E-state index contributed by atoms with van der Waals surface area (Å²) in [7, 11) is 3.27. The molecule has 0 saturated heterocycles. The van der Waals surface area contributed by atoms with Gasteiger partial charge in [0.05, 0.1) is 26.4 Å². The van der Waals surface area contributed by atoms with Crippen LogP contribution in [0.5, 0.6) is 11.5 Å². The molecule has 1 aliphatic carbocycles. The van der Waals surface area contributed by atoms with Crippen LogP contribution in [0.2, 0.25) is 0 Å². The van der Waals surface area contributed by atoms with Crippen molar-refractivity contribution in [1.82, 2.24) is 10.6 Å². The molecule has 136 valence electrons. The number of nitrogens with zero attached hydrogens (tertiary/aromatic N) is 1. The van der Waals surface area contributed by atoms with Crippen LogP contribution in [0.4, 0.5) is 0 Å². The van der Waals surface area contributed by atoms with Crippen molar-refractivity contribution in [3.8, 4) is 11.5 Å². The van der Waals surface area contributed by atoms with E-state index in [1.165, 1.54) is 0 Å². The second-order valence-electron chi connectivity index (χ2n) is 5.80. The SMILES string of the molecule is CCNC(=NCc1ccc(OC)cc1OC)NCC1(O)CCC1.I. The first kappa shape index (κ1) is 20.8. The Balaban J connectivity index is 0.00000288. The first-order valence-corrected chi connectivity index (χ1v) is 8.05. The van der Waals surface area contributed by atoms with E-state index in [2.05, 4.69) is 15.6 Å². The zero-order valence-corrected chi connectivity index (χ0v) is 16.9. The quantitative estimate of drug-likeness (QED) is 0.339. The lowest BCUT2D eigenvalue weighted by molar-refractivity contribution is -0.0279. The predicted molar refractivity (Wildman–Crippen MR) is 107 cm³/mol. The Bertz CT molecular complexity index is 548. The molecule has 1 aromatic rings. The van der Waals surface area contributed by atoms with E-state index >= 15 is 0 Å². The molecule has 1 saturated carbocycles. The van der Waals surface area contributed by atoms with Crippen molar-refractivity contribution in [3.05, 3.63) is 23.8 Å². The Kier molecular flexibility index (Phi) is 8.61. The van der Waals surface area contributed by atoms with Gasteiger partial charge in [-0.3, -0.25) is 0 Å². The van der Waals surface area contributed by atoms with Gasteiger partial charge in [0, 0.05) is 24.7 Å². The average molecular weight is 449 g/mol. The molecule has 2 rings (SSSR count). The van der Waals surface area contributed by atoms with Crippen LogP contribution in [0.15, 0.2) is 23.2 Å². The number of ether oxygens (including phenoxy) is 2. The number of hydrogen-bond donors (Lipinski definition) is 3. The zero-order chi connectivity index (χ0) is 16.7. The summed E-state index contributed by atoms with van der Waals surface area (Å²) in [5.41, 5.74) is 0.404. The molecule has 3 N–H and O–H groups in total. The molecule has 0 aromatic heterocycles. The van der Waals surface area contributed by atoms with Gasteiger partial charge in [-0.25, -0.2) is 4.99 Å². The monoisotopic (exact) mass is 449 g/mol. The van der Waals surface area contributed by atoms with Crippen LogP contribution in [-0.2, 0) is 6.54 Å². The summed E-state index contributed by atoms with van der Waals surface area (Å²) < 4.78 is 10.6. The summed E-state index contributed by atoms with van der Waals surface area (Å²) in [5, 5.41) is 16.6. The lowest BCUT2D eigenvalue weighted by Crippen LogP contribution is -2.50. The van der Waals surface area contributed by atoms with Gasteiger partial charge in [-0.15, -0.1) is 24.0 Å². The summed E-state index contributed by atoms with van der Waals surface area (Å²) in [6, 6.07) is 5.69. The Morgan fingerprint density at radius 2 is 2.00 bits per heavy atom. The van der Waals surface area contributed by atoms with Crippen molar-refractivity contribution in [2.45, 2.75) is 38.3 Å². The van der Waals surface area contributed by atoms with Crippen LogP contribution in [0.3, 0.4) is 0 Å². The smallest absolute Gasteiger partial charge is 0.191 e. The van der Waals surface area contributed by atoms with E-state index < -0.39 is 5.60 Å². The molecule has 0 radical (unpaired) electrons. The zero-order valence-electron chi connectivity index (χ0n) is 14.6. The van der Waals surface area contributed by atoms with Crippen LogP contribution in [0.1, 0.15) is 31.7 Å². The number of aliphatic imine (C=N–C) groups is 1. The third-order valence-corrected chi connectivity index (χ3v) is 4.12. The average Bonchev–Trinajstić information content (AvgIpc) is 2.55. The molecule has 1 aromatic carbocycles. The van der Waals surface area contributed by atoms with Gasteiger partial charge in [-0.05, 0) is 38.3 Å². The highest BCUT2D eigenvalue weighted by Gasteiger charge is 2.34. The van der Waals surface area contributed by atoms with Crippen LogP contribution in [0.25, 0.3) is 0 Å². The third-order valence-electron chi connectivity index (χ3n) is 4.12. The normalized spacial score (nSPS) is 15.8. The number of rotatable bonds is 7. The minimum atomic E-state index is -0.575. The molecular formula is C17H28IN3O3. The van der Waals surface area contributed by atoms with Gasteiger partial charge in [0.2, 0.25) is 0 Å². The fourth-order valence-corrected chi connectivity index (χ4v) is 2.50. The number of aliphatic hydroxyl groups is 1. The van der Waals surface area contributed by atoms with Crippen molar-refractivity contribution in [2.24, 2.45) is 4.99 Å². The van der Waals surface area contributed by atoms with Gasteiger partial charge in [0.1, 0.15) is 11.5 Å². The lowest BCUT2D eigenvalue weighted by atomic mass is 9.80.